The smallest absolute Gasteiger partial charge is 0.331 e. The molecule has 0 aromatic heterocycles. The van der Waals surface area contributed by atoms with Crippen molar-refractivity contribution >= 4 is 35.6 Å². The second kappa shape index (κ2) is 5.18. The Labute approximate surface area is 102 Å². The van der Waals surface area contributed by atoms with Crippen molar-refractivity contribution in [2.24, 2.45) is 0 Å². The third kappa shape index (κ3) is 2.87. The van der Waals surface area contributed by atoms with E-state index in [9.17, 15) is 9.59 Å². The Bertz CT molecular complexity index is 402. The molecule has 1 aromatic carbocycles. The van der Waals surface area contributed by atoms with E-state index in [0.717, 1.165) is 4.90 Å². The molecule has 0 fully saturated rings. The predicted octanol–water partition coefficient (Wildman–Crippen LogP) is 2.21. The molecule has 1 aromatic rings. The number of carbonyl (C=O) groups is 2. The molecule has 1 N–H and O–H groups in total. The van der Waals surface area contributed by atoms with Gasteiger partial charge in [0.25, 0.3) is 0 Å². The molecule has 0 aliphatic carbocycles. The fraction of sp³-hybridized carbons (Fsp3) is 0.200. The zero-order valence-corrected chi connectivity index (χ0v) is 9.87. The number of carboxylic acids is 1. The maximum absolute atomic E-state index is 11.0. The van der Waals surface area contributed by atoms with Crippen molar-refractivity contribution in [3.63, 3.8) is 0 Å². The van der Waals surface area contributed by atoms with Crippen molar-refractivity contribution in [1.82, 2.24) is 4.90 Å². The first-order chi connectivity index (χ1) is 7.45. The lowest BCUT2D eigenvalue weighted by Gasteiger charge is -2.21. The number of carbonyl (C=O) groups excluding carboxylic acids is 1. The molecule has 0 radical (unpaired) electrons. The van der Waals surface area contributed by atoms with Crippen molar-refractivity contribution in [2.45, 2.75) is 6.04 Å². The van der Waals surface area contributed by atoms with Crippen LogP contribution >= 0.6 is 23.2 Å². The van der Waals surface area contributed by atoms with Gasteiger partial charge in [-0.05, 0) is 23.8 Å². The first kappa shape index (κ1) is 12.8. The van der Waals surface area contributed by atoms with Gasteiger partial charge in [-0.1, -0.05) is 23.2 Å². The van der Waals surface area contributed by atoms with Crippen molar-refractivity contribution in [1.29, 1.82) is 0 Å². The van der Waals surface area contributed by atoms with Crippen LogP contribution < -0.4 is 0 Å². The average Bonchev–Trinajstić information content (AvgIpc) is 2.15. The van der Waals surface area contributed by atoms with Gasteiger partial charge in [0.1, 0.15) is 0 Å². The van der Waals surface area contributed by atoms with Crippen LogP contribution in [0.3, 0.4) is 0 Å². The SMILES string of the molecule is CN(C=O)C(C(=O)O)c1cc(Cl)cc(Cl)c1. The predicted molar refractivity (Wildman–Crippen MR) is 60.7 cm³/mol. The zero-order chi connectivity index (χ0) is 12.3. The number of carboxylic acid groups (broad SMARTS) is 1. The number of halogens is 2. The molecule has 0 aliphatic heterocycles. The minimum atomic E-state index is -1.15. The number of benzene rings is 1. The highest BCUT2D eigenvalue weighted by Crippen LogP contribution is 2.26. The fourth-order valence-corrected chi connectivity index (χ4v) is 1.89. The standard InChI is InChI=1S/C10H9Cl2NO3/c1-13(5-14)9(10(15)16)6-2-7(11)4-8(12)3-6/h2-5,9H,1H3,(H,15,16). The highest BCUT2D eigenvalue weighted by molar-refractivity contribution is 6.34. The number of amides is 1. The van der Waals surface area contributed by atoms with Crippen molar-refractivity contribution < 1.29 is 14.7 Å². The topological polar surface area (TPSA) is 57.6 Å². The van der Waals surface area contributed by atoms with Crippen LogP contribution in [-0.2, 0) is 9.59 Å². The Kier molecular flexibility index (Phi) is 4.15. The molecule has 0 spiro atoms. The zero-order valence-electron chi connectivity index (χ0n) is 8.35. The third-order valence-corrected chi connectivity index (χ3v) is 2.44. The molecular formula is C10H9Cl2NO3. The van der Waals surface area contributed by atoms with Gasteiger partial charge in [-0.2, -0.15) is 0 Å². The summed E-state index contributed by atoms with van der Waals surface area (Å²) in [5.74, 6) is -1.15. The van der Waals surface area contributed by atoms with Crippen molar-refractivity contribution in [3.8, 4) is 0 Å². The minimum absolute atomic E-state index is 0.327. The Balaban J connectivity index is 3.20. The molecule has 0 aliphatic rings. The van der Waals surface area contributed by atoms with Crippen LogP contribution in [0, 0.1) is 0 Å². The van der Waals surface area contributed by atoms with Gasteiger partial charge >= 0.3 is 5.97 Å². The summed E-state index contributed by atoms with van der Waals surface area (Å²) in [7, 11) is 1.38. The molecule has 86 valence electrons. The quantitative estimate of drug-likeness (QED) is 0.846. The summed E-state index contributed by atoms with van der Waals surface area (Å²) in [6, 6.07) is 3.33. The molecule has 16 heavy (non-hydrogen) atoms. The van der Waals surface area contributed by atoms with E-state index in [4.69, 9.17) is 28.3 Å². The summed E-state index contributed by atoms with van der Waals surface area (Å²) >= 11 is 11.5. The third-order valence-electron chi connectivity index (χ3n) is 2.01. The Hall–Kier alpha value is -1.26. The van der Waals surface area contributed by atoms with Crippen LogP contribution in [0.25, 0.3) is 0 Å². The fourth-order valence-electron chi connectivity index (χ4n) is 1.35. The Morgan fingerprint density at radius 2 is 1.88 bits per heavy atom. The van der Waals surface area contributed by atoms with E-state index in [0.29, 0.717) is 22.0 Å². The van der Waals surface area contributed by atoms with Gasteiger partial charge in [0, 0.05) is 17.1 Å². The molecule has 0 saturated heterocycles. The van der Waals surface area contributed by atoms with Gasteiger partial charge in [-0.25, -0.2) is 4.79 Å². The summed E-state index contributed by atoms with van der Waals surface area (Å²) in [5.41, 5.74) is 0.361. The van der Waals surface area contributed by atoms with E-state index in [1.165, 1.54) is 25.2 Å². The maximum atomic E-state index is 11.0. The van der Waals surface area contributed by atoms with Crippen LogP contribution in [0.1, 0.15) is 11.6 Å². The van der Waals surface area contributed by atoms with Gasteiger partial charge in [0.05, 0.1) is 0 Å². The molecule has 0 heterocycles. The molecule has 0 saturated carbocycles. The molecular weight excluding hydrogens is 253 g/mol. The highest BCUT2D eigenvalue weighted by atomic mass is 35.5. The second-order valence-corrected chi connectivity index (χ2v) is 4.09. The van der Waals surface area contributed by atoms with E-state index in [1.54, 1.807) is 0 Å². The summed E-state index contributed by atoms with van der Waals surface area (Å²) in [4.78, 5) is 22.7. The Morgan fingerprint density at radius 3 is 2.25 bits per heavy atom. The van der Waals surface area contributed by atoms with E-state index in [1.807, 2.05) is 0 Å². The lowest BCUT2D eigenvalue weighted by atomic mass is 10.1. The molecule has 0 bridgehead atoms. The maximum Gasteiger partial charge on any atom is 0.331 e. The number of rotatable bonds is 4. The average molecular weight is 262 g/mol. The normalized spacial score (nSPS) is 11.9. The number of hydrogen-bond donors (Lipinski definition) is 1. The van der Waals surface area contributed by atoms with Crippen LogP contribution in [0.5, 0.6) is 0 Å². The molecule has 1 atom stereocenters. The van der Waals surface area contributed by atoms with Crippen molar-refractivity contribution in [2.75, 3.05) is 7.05 Å². The summed E-state index contributed by atoms with van der Waals surface area (Å²) in [5, 5.41) is 9.68. The lowest BCUT2D eigenvalue weighted by Crippen LogP contribution is -2.29. The number of nitrogens with zero attached hydrogens (tertiary/aromatic N) is 1. The molecule has 1 unspecified atom stereocenters. The van der Waals surface area contributed by atoms with Crippen LogP contribution in [0.2, 0.25) is 10.0 Å². The van der Waals surface area contributed by atoms with Crippen LogP contribution in [-0.4, -0.2) is 29.4 Å². The summed E-state index contributed by atoms with van der Waals surface area (Å²) in [6.45, 7) is 0. The number of likely N-dealkylation sites (N-methyl/N-ethyl adjacent to an activating group) is 1. The minimum Gasteiger partial charge on any atom is -0.479 e. The van der Waals surface area contributed by atoms with E-state index >= 15 is 0 Å². The van der Waals surface area contributed by atoms with Gasteiger partial charge in [0.15, 0.2) is 6.04 Å². The second-order valence-electron chi connectivity index (χ2n) is 3.21. The van der Waals surface area contributed by atoms with E-state index < -0.39 is 12.0 Å². The Morgan fingerprint density at radius 1 is 1.38 bits per heavy atom. The monoisotopic (exact) mass is 261 g/mol. The van der Waals surface area contributed by atoms with Gasteiger partial charge in [0.2, 0.25) is 6.41 Å². The summed E-state index contributed by atoms with van der Waals surface area (Å²) in [6.07, 6.45) is 0.438. The highest BCUT2D eigenvalue weighted by Gasteiger charge is 2.24. The molecule has 1 rings (SSSR count). The van der Waals surface area contributed by atoms with Gasteiger partial charge in [-0.15, -0.1) is 0 Å². The lowest BCUT2D eigenvalue weighted by molar-refractivity contribution is -0.145. The molecule has 6 heteroatoms. The van der Waals surface area contributed by atoms with E-state index in [2.05, 4.69) is 0 Å². The van der Waals surface area contributed by atoms with E-state index in [-0.39, 0.29) is 0 Å². The van der Waals surface area contributed by atoms with Crippen molar-refractivity contribution in [3.05, 3.63) is 33.8 Å². The van der Waals surface area contributed by atoms with Gasteiger partial charge in [-0.3, -0.25) is 4.79 Å². The largest absolute Gasteiger partial charge is 0.479 e. The summed E-state index contributed by atoms with van der Waals surface area (Å²) < 4.78 is 0. The first-order valence-electron chi connectivity index (χ1n) is 4.31. The number of aliphatic carboxylic acids is 1. The molecule has 1 amide bonds. The first-order valence-corrected chi connectivity index (χ1v) is 5.07. The number of hydrogen-bond acceptors (Lipinski definition) is 2. The molecule has 4 nitrogen and oxygen atoms in total. The van der Waals surface area contributed by atoms with Crippen LogP contribution in [0.4, 0.5) is 0 Å². The van der Waals surface area contributed by atoms with Gasteiger partial charge < -0.3 is 10.0 Å². The van der Waals surface area contributed by atoms with Crippen LogP contribution in [0.15, 0.2) is 18.2 Å².